The van der Waals surface area contributed by atoms with E-state index in [1.807, 2.05) is 30.3 Å². The van der Waals surface area contributed by atoms with Crippen LogP contribution in [0.15, 0.2) is 43.0 Å². The van der Waals surface area contributed by atoms with Crippen LogP contribution in [0.2, 0.25) is 0 Å². The first kappa shape index (κ1) is 23.4. The molecular formula is C25H32N2O6. The zero-order valence-corrected chi connectivity index (χ0v) is 19.2. The second kappa shape index (κ2) is 9.27. The van der Waals surface area contributed by atoms with Gasteiger partial charge in [-0.2, -0.15) is 0 Å². The number of nitrogens with zero attached hydrogens (tertiary/aromatic N) is 2. The molecule has 2 bridgehead atoms. The minimum atomic E-state index is -1.10. The minimum absolute atomic E-state index is 0.208. The molecule has 8 nitrogen and oxygen atoms in total. The summed E-state index contributed by atoms with van der Waals surface area (Å²) in [6, 6.07) is 8.08. The van der Waals surface area contributed by atoms with Crippen molar-refractivity contribution < 1.29 is 29.0 Å². The smallest absolute Gasteiger partial charge is 0.312 e. The summed E-state index contributed by atoms with van der Waals surface area (Å²) in [6.45, 7) is 7.78. The van der Waals surface area contributed by atoms with Gasteiger partial charge in [-0.25, -0.2) is 0 Å². The molecule has 1 N–H and O–H groups in total. The largest absolute Gasteiger partial charge is 0.466 e. The second-order valence-electron chi connectivity index (χ2n) is 9.08. The Morgan fingerprint density at radius 1 is 1.39 bits per heavy atom. The number of amides is 2. The summed E-state index contributed by atoms with van der Waals surface area (Å²) < 4.78 is 11.6. The summed E-state index contributed by atoms with van der Waals surface area (Å²) in [5.41, 5.74) is -0.149. The molecule has 3 aliphatic rings. The Kier molecular flexibility index (Phi) is 6.59. The lowest BCUT2D eigenvalue weighted by Crippen LogP contribution is -2.58. The molecule has 3 fully saturated rings. The van der Waals surface area contributed by atoms with Crippen molar-refractivity contribution in [2.24, 2.45) is 11.8 Å². The Hall–Kier alpha value is -2.71. The number of likely N-dealkylation sites (tertiary alicyclic amines) is 1. The van der Waals surface area contributed by atoms with Gasteiger partial charge in [-0.05, 0) is 32.3 Å². The van der Waals surface area contributed by atoms with Crippen LogP contribution >= 0.6 is 0 Å². The summed E-state index contributed by atoms with van der Waals surface area (Å²) in [6.07, 6.45) is 2.30. The van der Waals surface area contributed by atoms with Crippen LogP contribution in [0.25, 0.3) is 0 Å². The molecule has 4 rings (SSSR count). The maximum Gasteiger partial charge on any atom is 0.312 e. The van der Waals surface area contributed by atoms with Gasteiger partial charge in [-0.15, -0.1) is 6.58 Å². The molecule has 0 radical (unpaired) electrons. The molecule has 33 heavy (non-hydrogen) atoms. The van der Waals surface area contributed by atoms with Gasteiger partial charge in [-0.3, -0.25) is 14.4 Å². The number of benzene rings is 1. The average Bonchev–Trinajstić information content (AvgIpc) is 3.46. The third kappa shape index (κ3) is 3.75. The normalized spacial score (nSPS) is 30.8. The molecule has 3 aliphatic heterocycles. The summed E-state index contributed by atoms with van der Waals surface area (Å²) in [5.74, 6) is -2.58. The van der Waals surface area contributed by atoms with Crippen molar-refractivity contribution in [3.8, 4) is 0 Å². The molecule has 1 aromatic carbocycles. The number of aliphatic hydroxyl groups is 1. The van der Waals surface area contributed by atoms with E-state index in [0.29, 0.717) is 25.9 Å². The predicted molar refractivity (Wildman–Crippen MR) is 120 cm³/mol. The van der Waals surface area contributed by atoms with Crippen molar-refractivity contribution in [1.82, 2.24) is 9.80 Å². The molecule has 2 amide bonds. The Bertz CT molecular complexity index is 921. The van der Waals surface area contributed by atoms with Crippen LogP contribution in [-0.4, -0.2) is 76.2 Å². The fraction of sp³-hybridized carbons (Fsp3) is 0.560. The zero-order valence-electron chi connectivity index (χ0n) is 19.2. The lowest BCUT2D eigenvalue weighted by atomic mass is 9.70. The van der Waals surface area contributed by atoms with Gasteiger partial charge in [0.1, 0.15) is 11.6 Å². The van der Waals surface area contributed by atoms with Crippen LogP contribution in [-0.2, 0) is 30.4 Å². The van der Waals surface area contributed by atoms with Crippen molar-refractivity contribution in [3.63, 3.8) is 0 Å². The molecule has 8 heteroatoms. The van der Waals surface area contributed by atoms with E-state index in [1.54, 1.807) is 24.8 Å². The first-order valence-electron chi connectivity index (χ1n) is 11.6. The van der Waals surface area contributed by atoms with Gasteiger partial charge in [0, 0.05) is 13.1 Å². The second-order valence-corrected chi connectivity index (χ2v) is 9.08. The van der Waals surface area contributed by atoms with Crippen molar-refractivity contribution in [2.75, 3.05) is 19.8 Å². The number of carbonyl (C=O) groups is 3. The highest BCUT2D eigenvalue weighted by molar-refractivity contribution is 5.98. The monoisotopic (exact) mass is 456 g/mol. The van der Waals surface area contributed by atoms with E-state index < -0.39 is 41.6 Å². The fourth-order valence-corrected chi connectivity index (χ4v) is 5.80. The number of rotatable bonds is 9. The first-order chi connectivity index (χ1) is 15.9. The Balaban J connectivity index is 1.73. The third-order valence-electron chi connectivity index (χ3n) is 7.15. The summed E-state index contributed by atoms with van der Waals surface area (Å²) in [5, 5.41) is 9.91. The molecule has 0 aliphatic carbocycles. The number of carbonyl (C=O) groups excluding carboxylic acids is 3. The van der Waals surface area contributed by atoms with Gasteiger partial charge < -0.3 is 24.4 Å². The lowest BCUT2D eigenvalue weighted by Gasteiger charge is -2.38. The van der Waals surface area contributed by atoms with Crippen LogP contribution in [0.1, 0.15) is 32.3 Å². The number of ether oxygens (including phenoxy) is 2. The number of aliphatic hydroxyl groups excluding tert-OH is 1. The zero-order chi connectivity index (χ0) is 23.8. The van der Waals surface area contributed by atoms with Gasteiger partial charge in [0.15, 0.2) is 0 Å². The maximum atomic E-state index is 14.1. The molecule has 3 saturated heterocycles. The Morgan fingerprint density at radius 2 is 2.12 bits per heavy atom. The summed E-state index contributed by atoms with van der Waals surface area (Å²) >= 11 is 0. The van der Waals surface area contributed by atoms with Crippen LogP contribution < -0.4 is 0 Å². The topological polar surface area (TPSA) is 96.4 Å². The van der Waals surface area contributed by atoms with Gasteiger partial charge in [0.25, 0.3) is 0 Å². The molecule has 0 saturated carbocycles. The van der Waals surface area contributed by atoms with Crippen LogP contribution in [0, 0.1) is 11.8 Å². The number of hydrogen-bond donors (Lipinski definition) is 1. The van der Waals surface area contributed by atoms with E-state index >= 15 is 0 Å². The summed E-state index contributed by atoms with van der Waals surface area (Å²) in [4.78, 5) is 43.6. The van der Waals surface area contributed by atoms with Gasteiger partial charge in [0.2, 0.25) is 11.8 Å². The average molecular weight is 457 g/mol. The molecule has 6 atom stereocenters. The van der Waals surface area contributed by atoms with E-state index in [2.05, 4.69) is 6.58 Å². The maximum absolute atomic E-state index is 14.1. The number of fused-ring (bicyclic) bond motifs is 1. The van der Waals surface area contributed by atoms with Crippen molar-refractivity contribution in [2.45, 2.75) is 57.0 Å². The molecule has 3 heterocycles. The third-order valence-corrected chi connectivity index (χ3v) is 7.15. The van der Waals surface area contributed by atoms with Gasteiger partial charge in [-0.1, -0.05) is 36.4 Å². The van der Waals surface area contributed by atoms with Crippen LogP contribution in [0.3, 0.4) is 0 Å². The highest BCUT2D eigenvalue weighted by Crippen LogP contribution is 2.59. The number of esters is 1. The molecule has 1 aromatic rings. The van der Waals surface area contributed by atoms with E-state index in [-0.39, 0.29) is 25.0 Å². The predicted octanol–water partition coefficient (Wildman–Crippen LogP) is 1.52. The van der Waals surface area contributed by atoms with E-state index in [9.17, 15) is 19.5 Å². The lowest BCUT2D eigenvalue weighted by molar-refractivity contribution is -0.156. The van der Waals surface area contributed by atoms with E-state index in [1.165, 1.54) is 4.90 Å². The van der Waals surface area contributed by atoms with Crippen molar-refractivity contribution in [1.29, 1.82) is 0 Å². The van der Waals surface area contributed by atoms with E-state index in [0.717, 1.165) is 5.56 Å². The Morgan fingerprint density at radius 3 is 2.76 bits per heavy atom. The standard InChI is InChI=1S/C25H32N2O6/c1-4-13-26(14-17-9-7-6-8-10-17)23(30)21-25-12-11-18(33-25)19(24(31)32-5-2)20(25)22(29)27(21)16(3)15-28/h4,6-10,16,18-21,28H,1,5,11-15H2,2-3H3/t16-,18-,19+,20+,21?,25?/m1/s1. The van der Waals surface area contributed by atoms with Crippen LogP contribution in [0.5, 0.6) is 0 Å². The molecule has 2 unspecified atom stereocenters. The molecule has 1 spiro atoms. The fourth-order valence-electron chi connectivity index (χ4n) is 5.80. The van der Waals surface area contributed by atoms with Crippen molar-refractivity contribution >= 4 is 17.8 Å². The van der Waals surface area contributed by atoms with Gasteiger partial charge in [0.05, 0.1) is 37.2 Å². The summed E-state index contributed by atoms with van der Waals surface area (Å²) in [7, 11) is 0. The van der Waals surface area contributed by atoms with Gasteiger partial charge >= 0.3 is 5.97 Å². The number of hydrogen-bond acceptors (Lipinski definition) is 6. The first-order valence-corrected chi connectivity index (χ1v) is 11.6. The SMILES string of the molecule is C=CCN(Cc1ccccc1)C(=O)C1N([C@H](C)CO)C(=O)[C@@H]2[C@@H](C(=O)OCC)[C@H]3CCC12O3. The van der Waals surface area contributed by atoms with Crippen molar-refractivity contribution in [3.05, 3.63) is 48.6 Å². The minimum Gasteiger partial charge on any atom is -0.466 e. The highest BCUT2D eigenvalue weighted by Gasteiger charge is 2.75. The Labute approximate surface area is 194 Å². The molecule has 178 valence electrons. The molecular weight excluding hydrogens is 424 g/mol. The van der Waals surface area contributed by atoms with E-state index in [4.69, 9.17) is 9.47 Å². The van der Waals surface area contributed by atoms with Crippen LogP contribution in [0.4, 0.5) is 0 Å². The molecule has 0 aromatic heterocycles. The quantitative estimate of drug-likeness (QED) is 0.447. The highest BCUT2D eigenvalue weighted by atomic mass is 16.6.